The smallest absolute Gasteiger partial charge is 0.330 e. The molecule has 0 amide bonds. The highest BCUT2D eigenvalue weighted by Crippen LogP contribution is 2.33. The number of carboxylic acids is 1. The van der Waals surface area contributed by atoms with Crippen LogP contribution < -0.4 is 0 Å². The highest BCUT2D eigenvalue weighted by atomic mass is 16.7. The van der Waals surface area contributed by atoms with Crippen molar-refractivity contribution < 1.29 is 79.9 Å². The van der Waals surface area contributed by atoms with Crippen LogP contribution in [-0.4, -0.2) is 161 Å². The normalized spacial score (nSPS) is 33.7. The van der Waals surface area contributed by atoms with Gasteiger partial charge in [0.25, 0.3) is 0 Å². The zero-order chi connectivity index (χ0) is 48.4. The van der Waals surface area contributed by atoms with Crippen molar-refractivity contribution in [3.8, 4) is 0 Å². The van der Waals surface area contributed by atoms with Crippen LogP contribution in [0.2, 0.25) is 0 Å². The van der Waals surface area contributed by atoms with Crippen molar-refractivity contribution in [3.63, 3.8) is 0 Å². The number of carboxylic acid groups (broad SMARTS) is 1. The summed E-state index contributed by atoms with van der Waals surface area (Å²) in [5.74, 6) is -3.44. The van der Waals surface area contributed by atoms with E-state index in [0.29, 0.717) is 22.3 Å². The fraction of sp³-hybridized carbons (Fsp3) is 0.766. The molecule has 2 aliphatic rings. The summed E-state index contributed by atoms with van der Waals surface area (Å²) in [5, 5.41) is 117. The minimum Gasteiger partial charge on any atom is -0.478 e. The number of aliphatic hydroxyl groups is 10. The Morgan fingerprint density at radius 3 is 1.41 bits per heavy atom. The second-order valence-corrected chi connectivity index (χ2v) is 18.4. The maximum absolute atomic E-state index is 11.8. The molecule has 2 rings (SSSR count). The molecule has 0 saturated carbocycles. The number of ether oxygens (including phenoxy) is 4. The quantitative estimate of drug-likeness (QED) is 0.0550. The third-order valence-corrected chi connectivity index (χ3v) is 12.7. The van der Waals surface area contributed by atoms with Crippen molar-refractivity contribution in [2.45, 2.75) is 188 Å². The minimum absolute atomic E-state index is 0.0207. The molecular weight excluding hydrogens is 821 g/mol. The van der Waals surface area contributed by atoms with Crippen LogP contribution in [0, 0.1) is 35.5 Å². The SMILES string of the molecule is CCC(C)C(O)C(C)/C=C(\C)C(O)C(C)/C=C(\C)[C@@H](O)[C@@H](C)/C=C(\C)[C@@H](O[C@@H]1O[C@H](CO)[C@@H](O)[C@H](O)[C@@H]1O)[C@@H](C)/C=C(\C)[C@@H](O[C@H]1O[C@@H](C)[C@H](O)[C@@H](O)[C@H]1O)[C@@H](C)/C=C(\C)C(=O)O. The van der Waals surface area contributed by atoms with Gasteiger partial charge in [0.1, 0.15) is 42.7 Å². The van der Waals surface area contributed by atoms with E-state index in [1.54, 1.807) is 59.8 Å². The van der Waals surface area contributed by atoms with E-state index >= 15 is 0 Å². The molecule has 2 saturated heterocycles. The van der Waals surface area contributed by atoms with Crippen LogP contribution in [0.4, 0.5) is 0 Å². The third-order valence-electron chi connectivity index (χ3n) is 12.7. The second-order valence-electron chi connectivity index (χ2n) is 18.4. The summed E-state index contributed by atoms with van der Waals surface area (Å²) in [6, 6.07) is 0. The van der Waals surface area contributed by atoms with E-state index in [1.165, 1.54) is 19.9 Å². The van der Waals surface area contributed by atoms with Crippen LogP contribution in [-0.2, 0) is 23.7 Å². The molecule has 0 aromatic heterocycles. The largest absolute Gasteiger partial charge is 0.478 e. The highest BCUT2D eigenvalue weighted by molar-refractivity contribution is 5.85. The van der Waals surface area contributed by atoms with Gasteiger partial charge in [-0.15, -0.1) is 0 Å². The molecular formula is C47H80O16. The van der Waals surface area contributed by atoms with Gasteiger partial charge in [0.15, 0.2) is 12.6 Å². The summed E-state index contributed by atoms with van der Waals surface area (Å²) in [6.07, 6.45) is -9.72. The molecule has 21 atom stereocenters. The minimum atomic E-state index is -1.73. The van der Waals surface area contributed by atoms with Gasteiger partial charge >= 0.3 is 5.97 Å². The first-order valence-corrected chi connectivity index (χ1v) is 22.2. The van der Waals surface area contributed by atoms with Crippen LogP contribution in [0.1, 0.15) is 96.4 Å². The molecule has 0 aliphatic carbocycles. The molecule has 364 valence electrons. The van der Waals surface area contributed by atoms with Crippen molar-refractivity contribution >= 4 is 5.97 Å². The lowest BCUT2D eigenvalue weighted by atomic mass is 9.86. The van der Waals surface area contributed by atoms with E-state index < -0.39 is 122 Å². The molecule has 0 aromatic carbocycles. The summed E-state index contributed by atoms with van der Waals surface area (Å²) in [5.41, 5.74) is 2.37. The summed E-state index contributed by atoms with van der Waals surface area (Å²) < 4.78 is 24.1. The molecule has 2 aliphatic heterocycles. The molecule has 0 bridgehead atoms. The highest BCUT2D eigenvalue weighted by Gasteiger charge is 2.46. The third kappa shape index (κ3) is 15.3. The van der Waals surface area contributed by atoms with Crippen molar-refractivity contribution in [1.82, 2.24) is 0 Å². The van der Waals surface area contributed by atoms with Gasteiger partial charge in [0.05, 0.1) is 43.2 Å². The van der Waals surface area contributed by atoms with Gasteiger partial charge in [-0.3, -0.25) is 0 Å². The summed E-state index contributed by atoms with van der Waals surface area (Å²) in [7, 11) is 0. The van der Waals surface area contributed by atoms with Gasteiger partial charge in [-0.2, -0.15) is 0 Å². The van der Waals surface area contributed by atoms with Gasteiger partial charge in [0, 0.05) is 35.2 Å². The van der Waals surface area contributed by atoms with Crippen LogP contribution in [0.15, 0.2) is 58.2 Å². The second kappa shape index (κ2) is 25.5. The van der Waals surface area contributed by atoms with Gasteiger partial charge in [-0.05, 0) is 69.8 Å². The van der Waals surface area contributed by atoms with Crippen LogP contribution >= 0.6 is 0 Å². The molecule has 2 fully saturated rings. The number of aliphatic carboxylic acids is 1. The average Bonchev–Trinajstić information content (AvgIpc) is 3.23. The maximum atomic E-state index is 11.8. The summed E-state index contributed by atoms with van der Waals surface area (Å²) in [4.78, 5) is 11.8. The number of hydrogen-bond donors (Lipinski definition) is 11. The molecule has 16 heteroatoms. The molecule has 0 radical (unpaired) electrons. The van der Waals surface area contributed by atoms with Crippen molar-refractivity contribution in [1.29, 1.82) is 0 Å². The molecule has 11 N–H and O–H groups in total. The first-order chi connectivity index (χ1) is 29.2. The lowest BCUT2D eigenvalue weighted by Crippen LogP contribution is -2.60. The Balaban J connectivity index is 2.58. The van der Waals surface area contributed by atoms with Gasteiger partial charge in [-0.1, -0.05) is 85.3 Å². The molecule has 5 unspecified atom stereocenters. The number of rotatable bonds is 22. The monoisotopic (exact) mass is 901 g/mol. The zero-order valence-electron chi connectivity index (χ0n) is 39.4. The topological polar surface area (TPSA) is 277 Å². The Kier molecular flexibility index (Phi) is 23.0. The standard InChI is InChI=1S/C47H80O16/c1-14-21(2)34(49)22(3)15-23(4)35(50)24(5)16-25(6)36(51)26(7)17-27(8)43(63-47-42(57)40(55)38(53)33(20-48)61-47)28(9)18-29(10)44(30(11)19-31(12)45(58)59)62-46-41(56)39(54)37(52)32(13)60-46/h15-19,21-22,24,26,28,30,32-44,46-57H,14,20H2,1-13H3,(H,58,59)/b23-15+,25-16+,27-17+,29-18+,31-19+/t21?,22?,24?,26-,28-,30-,32-,33+,34?,35?,36+,37-,38+,39+,40-,41+,42-,43+,44+,46+,47-/m0/s1. The molecule has 0 aromatic rings. The first-order valence-electron chi connectivity index (χ1n) is 22.2. The van der Waals surface area contributed by atoms with Crippen molar-refractivity contribution in [3.05, 3.63) is 58.2 Å². The molecule has 63 heavy (non-hydrogen) atoms. The van der Waals surface area contributed by atoms with E-state index in [-0.39, 0.29) is 23.3 Å². The van der Waals surface area contributed by atoms with E-state index in [1.807, 2.05) is 40.7 Å². The summed E-state index contributed by atoms with van der Waals surface area (Å²) >= 11 is 0. The van der Waals surface area contributed by atoms with Gasteiger partial charge in [0.2, 0.25) is 0 Å². The number of aliphatic hydroxyl groups excluding tert-OH is 10. The fourth-order valence-corrected chi connectivity index (χ4v) is 8.44. The lowest BCUT2D eigenvalue weighted by Gasteiger charge is -2.42. The Labute approximate surface area is 373 Å². The van der Waals surface area contributed by atoms with Crippen molar-refractivity contribution in [2.75, 3.05) is 6.61 Å². The fourth-order valence-electron chi connectivity index (χ4n) is 8.44. The van der Waals surface area contributed by atoms with E-state index in [0.717, 1.165) is 6.42 Å². The molecule has 0 spiro atoms. The van der Waals surface area contributed by atoms with Crippen LogP contribution in [0.5, 0.6) is 0 Å². The average molecular weight is 901 g/mol. The Morgan fingerprint density at radius 1 is 0.571 bits per heavy atom. The summed E-state index contributed by atoms with van der Waals surface area (Å²) in [6.45, 7) is 22.3. The van der Waals surface area contributed by atoms with Crippen molar-refractivity contribution in [2.24, 2.45) is 35.5 Å². The van der Waals surface area contributed by atoms with E-state index in [4.69, 9.17) is 18.9 Å². The molecule has 16 nitrogen and oxygen atoms in total. The van der Waals surface area contributed by atoms with E-state index in [9.17, 15) is 61.0 Å². The van der Waals surface area contributed by atoms with Crippen LogP contribution in [0.3, 0.4) is 0 Å². The first kappa shape index (κ1) is 56.7. The Morgan fingerprint density at radius 2 is 0.968 bits per heavy atom. The number of carbonyl (C=O) groups is 1. The zero-order valence-corrected chi connectivity index (χ0v) is 39.4. The van der Waals surface area contributed by atoms with Crippen LogP contribution in [0.25, 0.3) is 0 Å². The lowest BCUT2D eigenvalue weighted by molar-refractivity contribution is -0.310. The molecule has 2 heterocycles. The predicted octanol–water partition coefficient (Wildman–Crippen LogP) is 2.51. The number of hydrogen-bond acceptors (Lipinski definition) is 15. The van der Waals surface area contributed by atoms with Gasteiger partial charge < -0.3 is 75.1 Å². The Bertz CT molecular complexity index is 1590. The Hall–Kier alpha value is -2.39. The van der Waals surface area contributed by atoms with E-state index in [2.05, 4.69) is 0 Å². The predicted molar refractivity (Wildman–Crippen MR) is 236 cm³/mol. The van der Waals surface area contributed by atoms with Gasteiger partial charge in [-0.25, -0.2) is 4.79 Å². The maximum Gasteiger partial charge on any atom is 0.330 e.